The molecule has 0 spiro atoms. The van der Waals surface area contributed by atoms with Gasteiger partial charge in [0.1, 0.15) is 0 Å². The molecule has 0 bridgehead atoms. The number of benzene rings is 1. The minimum absolute atomic E-state index is 0.487. The molecule has 0 unspecified atom stereocenters. The average molecular weight is 253 g/mol. The third kappa shape index (κ3) is 2.54. The van der Waals surface area contributed by atoms with Crippen LogP contribution in [0.25, 0.3) is 0 Å². The van der Waals surface area contributed by atoms with Crippen LogP contribution in [0.1, 0.15) is 10.4 Å². The molecule has 2 nitrogen and oxygen atoms in total. The van der Waals surface area contributed by atoms with Crippen LogP contribution in [0.15, 0.2) is 12.1 Å². The third-order valence-electron chi connectivity index (χ3n) is 2.02. The lowest BCUT2D eigenvalue weighted by Crippen LogP contribution is -2.26. The Hall–Kier alpha value is -1.66. The first-order valence-electron chi connectivity index (χ1n) is 4.43. The minimum atomic E-state index is -5.13. The first-order valence-corrected chi connectivity index (χ1v) is 4.43. The molecule has 94 valence electrons. The van der Waals surface area contributed by atoms with Gasteiger partial charge in [-0.1, -0.05) is 0 Å². The smallest absolute Gasteiger partial charge is 0.375 e. The molecule has 0 fully saturated rings. The quantitative estimate of drug-likeness (QED) is 0.596. The zero-order valence-electron chi connectivity index (χ0n) is 8.90. The summed E-state index contributed by atoms with van der Waals surface area (Å²) in [7, 11) is 2.43. The molecule has 0 aliphatic heterocycles. The summed E-state index contributed by atoms with van der Waals surface area (Å²) in [6.45, 7) is 0. The number of carbonyl (C=O) groups excluding carboxylic acids is 1. The lowest BCUT2D eigenvalue weighted by atomic mass is 10.1. The second-order valence-corrected chi connectivity index (χ2v) is 3.48. The molecule has 0 amide bonds. The predicted molar refractivity (Wildman–Crippen MR) is 51.1 cm³/mol. The first-order chi connectivity index (χ1) is 7.66. The summed E-state index contributed by atoms with van der Waals surface area (Å²) < 4.78 is 62.9. The maximum atomic E-state index is 13.3. The van der Waals surface area contributed by atoms with Crippen molar-refractivity contribution < 1.29 is 26.7 Å². The summed E-state index contributed by atoms with van der Waals surface area (Å²) in [6, 6.07) is 1.10. The number of hydrogen-bond acceptors (Lipinski definition) is 2. The molecule has 0 N–H and O–H groups in total. The normalized spacial score (nSPS) is 11.5. The molecular weight excluding hydrogens is 245 g/mol. The van der Waals surface area contributed by atoms with Gasteiger partial charge in [0.05, 0.1) is 11.3 Å². The van der Waals surface area contributed by atoms with Crippen molar-refractivity contribution in [1.29, 1.82) is 0 Å². The number of rotatable bonds is 2. The van der Waals surface area contributed by atoms with Gasteiger partial charge in [-0.15, -0.1) is 0 Å². The van der Waals surface area contributed by atoms with Crippen molar-refractivity contribution >= 4 is 11.5 Å². The predicted octanol–water partition coefficient (Wildman–Crippen LogP) is 2.78. The number of nitrogens with zero attached hydrogens (tertiary/aromatic N) is 1. The largest absolute Gasteiger partial charge is 0.454 e. The van der Waals surface area contributed by atoms with Crippen LogP contribution in [0.2, 0.25) is 0 Å². The van der Waals surface area contributed by atoms with Crippen molar-refractivity contribution in [2.24, 2.45) is 0 Å². The Morgan fingerprint density at radius 3 is 2.12 bits per heavy atom. The molecule has 1 rings (SSSR count). The van der Waals surface area contributed by atoms with E-state index in [1.54, 1.807) is 0 Å². The van der Waals surface area contributed by atoms with E-state index in [1.807, 2.05) is 0 Å². The van der Waals surface area contributed by atoms with Gasteiger partial charge in [0.15, 0.2) is 11.6 Å². The third-order valence-corrected chi connectivity index (χ3v) is 2.02. The fraction of sp³-hybridized carbons (Fsp3) is 0.300. The molecule has 0 heterocycles. The summed E-state index contributed by atoms with van der Waals surface area (Å²) in [5, 5.41) is 0. The number of halogens is 5. The summed E-state index contributed by atoms with van der Waals surface area (Å²) >= 11 is 0. The van der Waals surface area contributed by atoms with E-state index in [-0.39, 0.29) is 0 Å². The molecule has 0 radical (unpaired) electrons. The van der Waals surface area contributed by atoms with E-state index in [0.29, 0.717) is 12.1 Å². The van der Waals surface area contributed by atoms with Crippen molar-refractivity contribution in [3.05, 3.63) is 29.3 Å². The molecule has 1 aromatic rings. The number of anilines is 1. The Bertz CT molecular complexity index is 453. The number of ketones is 1. The van der Waals surface area contributed by atoms with Crippen molar-refractivity contribution in [3.63, 3.8) is 0 Å². The fourth-order valence-electron chi connectivity index (χ4n) is 1.31. The molecule has 17 heavy (non-hydrogen) atoms. The molecule has 0 saturated heterocycles. The maximum absolute atomic E-state index is 13.3. The van der Waals surface area contributed by atoms with Crippen LogP contribution in [0.5, 0.6) is 0 Å². The van der Waals surface area contributed by atoms with Crippen LogP contribution in [0, 0.1) is 11.6 Å². The molecule has 0 atom stereocenters. The van der Waals surface area contributed by atoms with E-state index in [9.17, 15) is 26.7 Å². The van der Waals surface area contributed by atoms with Gasteiger partial charge in [0.2, 0.25) is 0 Å². The lowest BCUT2D eigenvalue weighted by Gasteiger charge is -2.18. The van der Waals surface area contributed by atoms with Gasteiger partial charge in [0, 0.05) is 14.1 Å². The molecule has 0 aromatic heterocycles. The number of alkyl halides is 3. The zero-order chi connectivity index (χ0) is 13.4. The standard InChI is InChI=1S/C10H8F5NO/c1-16(2)8-5(9(17)10(13,14)15)3-4-6(11)7(8)12/h3-4H,1-2H3. The highest BCUT2D eigenvalue weighted by Crippen LogP contribution is 2.30. The topological polar surface area (TPSA) is 20.3 Å². The Balaban J connectivity index is 3.45. The highest BCUT2D eigenvalue weighted by Gasteiger charge is 2.41. The van der Waals surface area contributed by atoms with E-state index in [4.69, 9.17) is 0 Å². The Labute approximate surface area is 93.6 Å². The summed E-state index contributed by atoms with van der Waals surface area (Å²) in [5.74, 6) is -5.00. The highest BCUT2D eigenvalue weighted by molar-refractivity contribution is 6.04. The minimum Gasteiger partial charge on any atom is -0.375 e. The first kappa shape index (κ1) is 13.4. The van der Waals surface area contributed by atoms with E-state index >= 15 is 0 Å². The maximum Gasteiger partial charge on any atom is 0.454 e. The van der Waals surface area contributed by atoms with E-state index in [1.165, 1.54) is 14.1 Å². The number of hydrogen-bond donors (Lipinski definition) is 0. The van der Waals surface area contributed by atoms with Gasteiger partial charge in [0.25, 0.3) is 5.78 Å². The van der Waals surface area contributed by atoms with E-state index in [0.717, 1.165) is 4.90 Å². The van der Waals surface area contributed by atoms with Crippen molar-refractivity contribution in [2.75, 3.05) is 19.0 Å². The van der Waals surface area contributed by atoms with Crippen LogP contribution in [0.4, 0.5) is 27.6 Å². The molecule has 0 aliphatic rings. The van der Waals surface area contributed by atoms with Crippen LogP contribution in [0.3, 0.4) is 0 Å². The highest BCUT2D eigenvalue weighted by atomic mass is 19.4. The SMILES string of the molecule is CN(C)c1c(C(=O)C(F)(F)F)ccc(F)c1F. The van der Waals surface area contributed by atoms with Crippen LogP contribution in [-0.4, -0.2) is 26.1 Å². The Morgan fingerprint density at radius 1 is 1.18 bits per heavy atom. The number of carbonyl (C=O) groups is 1. The van der Waals surface area contributed by atoms with Gasteiger partial charge in [-0.2, -0.15) is 13.2 Å². The lowest BCUT2D eigenvalue weighted by molar-refractivity contribution is -0.0885. The van der Waals surface area contributed by atoms with E-state index in [2.05, 4.69) is 0 Å². The van der Waals surface area contributed by atoms with Crippen LogP contribution >= 0.6 is 0 Å². The summed E-state index contributed by atoms with van der Waals surface area (Å²) in [6.07, 6.45) is -5.13. The van der Waals surface area contributed by atoms with Gasteiger partial charge >= 0.3 is 6.18 Å². The van der Waals surface area contributed by atoms with E-state index < -0.39 is 34.8 Å². The summed E-state index contributed by atoms with van der Waals surface area (Å²) in [5.41, 5.74) is -1.63. The zero-order valence-corrected chi connectivity index (χ0v) is 8.90. The van der Waals surface area contributed by atoms with Gasteiger partial charge in [-0.25, -0.2) is 8.78 Å². The molecule has 0 saturated carbocycles. The summed E-state index contributed by atoms with van der Waals surface area (Å²) in [4.78, 5) is 11.9. The van der Waals surface area contributed by atoms with Gasteiger partial charge in [-0.05, 0) is 12.1 Å². The molecular formula is C10H8F5NO. The van der Waals surface area contributed by atoms with Crippen molar-refractivity contribution in [2.45, 2.75) is 6.18 Å². The second kappa shape index (κ2) is 4.31. The Kier molecular flexibility index (Phi) is 3.40. The van der Waals surface area contributed by atoms with Crippen molar-refractivity contribution in [1.82, 2.24) is 0 Å². The molecule has 7 heteroatoms. The number of Topliss-reactive ketones (excluding diaryl/α,β-unsaturated/α-hetero) is 1. The monoisotopic (exact) mass is 253 g/mol. The van der Waals surface area contributed by atoms with Gasteiger partial charge in [-0.3, -0.25) is 4.79 Å². The second-order valence-electron chi connectivity index (χ2n) is 3.48. The molecule has 1 aromatic carbocycles. The molecule has 0 aliphatic carbocycles. The Morgan fingerprint density at radius 2 is 1.71 bits per heavy atom. The van der Waals surface area contributed by atoms with Crippen LogP contribution in [-0.2, 0) is 0 Å². The van der Waals surface area contributed by atoms with Gasteiger partial charge < -0.3 is 4.90 Å². The fourth-order valence-corrected chi connectivity index (χ4v) is 1.31. The van der Waals surface area contributed by atoms with Crippen molar-refractivity contribution in [3.8, 4) is 0 Å². The average Bonchev–Trinajstić information content (AvgIpc) is 2.18. The van der Waals surface area contributed by atoms with Crippen LogP contribution < -0.4 is 4.90 Å².